The van der Waals surface area contributed by atoms with Gasteiger partial charge in [0.2, 0.25) is 0 Å². The molecule has 0 bridgehead atoms. The molecule has 132 valence electrons. The first-order chi connectivity index (χ1) is 12.4. The number of nitrogens with zero attached hydrogens (tertiary/aromatic N) is 2. The Morgan fingerprint density at radius 1 is 1.08 bits per heavy atom. The Kier molecular flexibility index (Phi) is 3.75. The molecule has 2 aromatic heterocycles. The Bertz CT molecular complexity index is 977. The van der Waals surface area contributed by atoms with Gasteiger partial charge in [0.25, 0.3) is 5.91 Å². The van der Waals surface area contributed by atoms with E-state index < -0.39 is 11.7 Å². The number of hydrogen-bond donors (Lipinski definition) is 2. The van der Waals surface area contributed by atoms with Gasteiger partial charge < -0.3 is 10.3 Å². The molecule has 0 fully saturated rings. The van der Waals surface area contributed by atoms with Crippen LogP contribution in [-0.2, 0) is 12.6 Å². The topological polar surface area (TPSA) is 70.7 Å². The zero-order valence-corrected chi connectivity index (χ0v) is 13.4. The molecule has 0 radical (unpaired) electrons. The van der Waals surface area contributed by atoms with Crippen molar-refractivity contribution in [1.82, 2.24) is 20.3 Å². The molecule has 0 saturated heterocycles. The number of aromatic nitrogens is 3. The van der Waals surface area contributed by atoms with E-state index in [0.29, 0.717) is 41.3 Å². The van der Waals surface area contributed by atoms with E-state index in [0.717, 1.165) is 17.8 Å². The molecule has 2 N–H and O–H groups in total. The third-order valence-corrected chi connectivity index (χ3v) is 4.21. The normalized spacial score (nSPS) is 14.0. The smallest absolute Gasteiger partial charge is 0.356 e. The lowest BCUT2D eigenvalue weighted by Gasteiger charge is -2.10. The second kappa shape index (κ2) is 5.98. The van der Waals surface area contributed by atoms with Crippen molar-refractivity contribution < 1.29 is 18.0 Å². The standard InChI is InChI=1S/C18H13F3N4O/c19-18(20,21)11-3-1-10(2-4-11)16-22-7-6-14(25-16)15-9-12-13(24-15)5-8-23-17(12)26/h1-4,6-7,9,24H,5,8H2,(H,23,26). The van der Waals surface area contributed by atoms with Crippen LogP contribution in [0, 0.1) is 0 Å². The highest BCUT2D eigenvalue weighted by Crippen LogP contribution is 2.31. The molecule has 0 unspecified atom stereocenters. The minimum Gasteiger partial charge on any atom is -0.356 e. The molecule has 5 nitrogen and oxygen atoms in total. The van der Waals surface area contributed by atoms with Gasteiger partial charge in [-0.05, 0) is 24.3 Å². The molecule has 1 aromatic carbocycles. The monoisotopic (exact) mass is 358 g/mol. The SMILES string of the molecule is O=C1NCCc2[nH]c(-c3ccnc(-c4ccc(C(F)(F)F)cc4)n3)cc21. The zero-order valence-electron chi connectivity index (χ0n) is 13.4. The second-order valence-electron chi connectivity index (χ2n) is 5.92. The number of aromatic amines is 1. The third-order valence-electron chi connectivity index (χ3n) is 4.21. The van der Waals surface area contributed by atoms with Crippen LogP contribution in [0.15, 0.2) is 42.6 Å². The fraction of sp³-hybridized carbons (Fsp3) is 0.167. The van der Waals surface area contributed by atoms with E-state index in [9.17, 15) is 18.0 Å². The number of rotatable bonds is 2. The molecule has 0 aliphatic carbocycles. The highest BCUT2D eigenvalue weighted by Gasteiger charge is 2.30. The Balaban J connectivity index is 1.68. The summed E-state index contributed by atoms with van der Waals surface area (Å²) in [5, 5.41) is 2.77. The first-order valence-corrected chi connectivity index (χ1v) is 7.93. The fourth-order valence-corrected chi connectivity index (χ4v) is 2.89. The molecule has 3 heterocycles. The summed E-state index contributed by atoms with van der Waals surface area (Å²) in [6.45, 7) is 0.576. The number of halogens is 3. The second-order valence-corrected chi connectivity index (χ2v) is 5.92. The van der Waals surface area contributed by atoms with Gasteiger partial charge in [0.15, 0.2) is 5.82 Å². The predicted molar refractivity (Wildman–Crippen MR) is 88.3 cm³/mol. The maximum atomic E-state index is 12.7. The maximum Gasteiger partial charge on any atom is 0.416 e. The highest BCUT2D eigenvalue weighted by atomic mass is 19.4. The van der Waals surface area contributed by atoms with Gasteiger partial charge >= 0.3 is 6.18 Å². The summed E-state index contributed by atoms with van der Waals surface area (Å²) in [6.07, 6.45) is -2.14. The molecule has 3 aromatic rings. The Morgan fingerprint density at radius 2 is 1.85 bits per heavy atom. The first kappa shape index (κ1) is 16.3. The van der Waals surface area contributed by atoms with Gasteiger partial charge in [-0.2, -0.15) is 13.2 Å². The molecule has 1 amide bonds. The van der Waals surface area contributed by atoms with Gasteiger partial charge in [0.05, 0.1) is 22.5 Å². The molecule has 0 spiro atoms. The largest absolute Gasteiger partial charge is 0.416 e. The molecule has 4 rings (SSSR count). The van der Waals surface area contributed by atoms with Gasteiger partial charge in [0, 0.05) is 30.4 Å². The van der Waals surface area contributed by atoms with Crippen molar-refractivity contribution >= 4 is 5.91 Å². The summed E-state index contributed by atoms with van der Waals surface area (Å²) < 4.78 is 38.1. The van der Waals surface area contributed by atoms with E-state index in [1.165, 1.54) is 18.3 Å². The lowest BCUT2D eigenvalue weighted by Crippen LogP contribution is -2.31. The Labute approximate surface area is 146 Å². The van der Waals surface area contributed by atoms with Crippen LogP contribution in [0.1, 0.15) is 21.6 Å². The summed E-state index contributed by atoms with van der Waals surface area (Å²) in [5.74, 6) is 0.180. The van der Waals surface area contributed by atoms with Gasteiger partial charge in [-0.25, -0.2) is 9.97 Å². The summed E-state index contributed by atoms with van der Waals surface area (Å²) in [7, 11) is 0. The fourth-order valence-electron chi connectivity index (χ4n) is 2.89. The van der Waals surface area contributed by atoms with E-state index in [1.807, 2.05) is 0 Å². The van der Waals surface area contributed by atoms with Crippen LogP contribution in [-0.4, -0.2) is 27.4 Å². The van der Waals surface area contributed by atoms with Gasteiger partial charge in [-0.3, -0.25) is 4.79 Å². The Morgan fingerprint density at radius 3 is 2.54 bits per heavy atom. The zero-order chi connectivity index (χ0) is 18.3. The number of hydrogen-bond acceptors (Lipinski definition) is 3. The third kappa shape index (κ3) is 2.94. The molecular formula is C18H13F3N4O. The van der Waals surface area contributed by atoms with E-state index in [4.69, 9.17) is 0 Å². The molecule has 0 atom stereocenters. The van der Waals surface area contributed by atoms with Gasteiger partial charge in [-0.15, -0.1) is 0 Å². The van der Waals surface area contributed by atoms with E-state index in [-0.39, 0.29) is 5.91 Å². The van der Waals surface area contributed by atoms with Crippen molar-refractivity contribution in [2.24, 2.45) is 0 Å². The molecule has 1 aliphatic rings. The maximum absolute atomic E-state index is 12.7. The highest BCUT2D eigenvalue weighted by molar-refractivity contribution is 5.97. The first-order valence-electron chi connectivity index (χ1n) is 7.93. The summed E-state index contributed by atoms with van der Waals surface area (Å²) in [6, 6.07) is 8.10. The number of nitrogens with one attached hydrogen (secondary N) is 2. The average molecular weight is 358 g/mol. The number of H-pyrrole nitrogens is 1. The number of fused-ring (bicyclic) bond motifs is 1. The van der Waals surface area contributed by atoms with Crippen molar-refractivity contribution in [2.45, 2.75) is 12.6 Å². The number of benzene rings is 1. The molecule has 1 aliphatic heterocycles. The van der Waals surface area contributed by atoms with Crippen molar-refractivity contribution in [3.63, 3.8) is 0 Å². The number of amides is 1. The van der Waals surface area contributed by atoms with Crippen molar-refractivity contribution in [1.29, 1.82) is 0 Å². The minimum absolute atomic E-state index is 0.134. The van der Waals surface area contributed by atoms with Crippen molar-refractivity contribution in [3.05, 3.63) is 59.4 Å². The lowest BCUT2D eigenvalue weighted by molar-refractivity contribution is -0.137. The molecule has 0 saturated carbocycles. The Hall–Kier alpha value is -3.16. The van der Waals surface area contributed by atoms with E-state index in [2.05, 4.69) is 20.3 Å². The van der Waals surface area contributed by atoms with E-state index in [1.54, 1.807) is 12.1 Å². The summed E-state index contributed by atoms with van der Waals surface area (Å²) in [4.78, 5) is 23.6. The number of carbonyl (C=O) groups excluding carboxylic acids is 1. The van der Waals surface area contributed by atoms with Crippen LogP contribution in [0.25, 0.3) is 22.8 Å². The quantitative estimate of drug-likeness (QED) is 0.737. The molecular weight excluding hydrogens is 345 g/mol. The minimum atomic E-state index is -4.38. The molecule has 26 heavy (non-hydrogen) atoms. The predicted octanol–water partition coefficient (Wildman–Crippen LogP) is 3.44. The van der Waals surface area contributed by atoms with Crippen LogP contribution >= 0.6 is 0 Å². The van der Waals surface area contributed by atoms with Crippen LogP contribution in [0.2, 0.25) is 0 Å². The van der Waals surface area contributed by atoms with Crippen molar-refractivity contribution in [2.75, 3.05) is 6.54 Å². The summed E-state index contributed by atoms with van der Waals surface area (Å²) >= 11 is 0. The average Bonchev–Trinajstić information content (AvgIpc) is 3.07. The van der Waals surface area contributed by atoms with Gasteiger partial charge in [-0.1, -0.05) is 12.1 Å². The van der Waals surface area contributed by atoms with E-state index >= 15 is 0 Å². The number of carbonyl (C=O) groups is 1. The summed E-state index contributed by atoms with van der Waals surface area (Å²) in [5.41, 5.74) is 2.42. The van der Waals surface area contributed by atoms with Crippen LogP contribution < -0.4 is 5.32 Å². The van der Waals surface area contributed by atoms with Crippen LogP contribution in [0.4, 0.5) is 13.2 Å². The number of alkyl halides is 3. The van der Waals surface area contributed by atoms with Gasteiger partial charge in [0.1, 0.15) is 0 Å². The molecule has 8 heteroatoms. The van der Waals surface area contributed by atoms with Crippen LogP contribution in [0.5, 0.6) is 0 Å². The lowest BCUT2D eigenvalue weighted by atomic mass is 10.1. The van der Waals surface area contributed by atoms with Crippen molar-refractivity contribution in [3.8, 4) is 22.8 Å². The van der Waals surface area contributed by atoms with Crippen LogP contribution in [0.3, 0.4) is 0 Å².